The minimum Gasteiger partial charge on any atom is -0.376 e. The highest BCUT2D eigenvalue weighted by Crippen LogP contribution is 2.31. The molecule has 2 rings (SSSR count). The van der Waals surface area contributed by atoms with E-state index in [1.807, 2.05) is 0 Å². The average molecular weight is 256 g/mol. The maximum absolute atomic E-state index is 12.3. The van der Waals surface area contributed by atoms with Gasteiger partial charge in [-0.15, -0.1) is 0 Å². The molecule has 0 unspecified atom stereocenters. The van der Waals surface area contributed by atoms with Crippen LogP contribution in [0, 0.1) is 0 Å². The van der Waals surface area contributed by atoms with Crippen molar-refractivity contribution in [2.75, 3.05) is 7.11 Å². The molecule has 0 radical (unpaired) electrons. The number of methoxy groups -OCH3 is 1. The summed E-state index contributed by atoms with van der Waals surface area (Å²) in [6, 6.07) is 4.68. The monoisotopic (exact) mass is 256 g/mol. The predicted octanol–water partition coefficient (Wildman–Crippen LogP) is 3.08. The largest absolute Gasteiger partial charge is 0.416 e. The first kappa shape index (κ1) is 12.8. The fourth-order valence-corrected chi connectivity index (χ4v) is 1.78. The lowest BCUT2D eigenvalue weighted by atomic mass is 9.85. The topological polar surface area (TPSA) is 26.3 Å². The van der Waals surface area contributed by atoms with Crippen molar-refractivity contribution in [2.45, 2.75) is 18.7 Å². The summed E-state index contributed by atoms with van der Waals surface area (Å²) in [5.74, 6) is -0.0262. The first-order valence-electron chi connectivity index (χ1n) is 5.36. The van der Waals surface area contributed by atoms with E-state index in [-0.39, 0.29) is 11.9 Å². The third-order valence-electron chi connectivity index (χ3n) is 2.88. The summed E-state index contributed by atoms with van der Waals surface area (Å²) < 4.78 is 42.1. The lowest BCUT2D eigenvalue weighted by Gasteiger charge is -2.26. The Hall–Kier alpha value is -1.62. The number of hydrogen-bond acceptors (Lipinski definition) is 2. The Kier molecular flexibility index (Phi) is 3.26. The average Bonchev–Trinajstić information content (AvgIpc) is 2.32. The SMILES string of the molecule is CO[C@@H]1CC(=O)/C1=C/c1ccc(C(F)(F)F)cc1. The molecule has 0 N–H and O–H groups in total. The molecule has 0 spiro atoms. The quantitative estimate of drug-likeness (QED) is 0.760. The van der Waals surface area contributed by atoms with Gasteiger partial charge in [0.05, 0.1) is 11.7 Å². The molecule has 1 atom stereocenters. The van der Waals surface area contributed by atoms with Gasteiger partial charge < -0.3 is 4.74 Å². The minimum absolute atomic E-state index is 0.0262. The van der Waals surface area contributed by atoms with E-state index in [9.17, 15) is 18.0 Å². The number of Topliss-reactive ketones (excluding diaryl/α,β-unsaturated/α-hetero) is 1. The zero-order valence-corrected chi connectivity index (χ0v) is 9.62. The highest BCUT2D eigenvalue weighted by Gasteiger charge is 2.33. The fraction of sp³-hybridized carbons (Fsp3) is 0.308. The van der Waals surface area contributed by atoms with E-state index in [2.05, 4.69) is 0 Å². The van der Waals surface area contributed by atoms with Gasteiger partial charge in [0.15, 0.2) is 5.78 Å². The van der Waals surface area contributed by atoms with Crippen LogP contribution in [0.5, 0.6) is 0 Å². The second kappa shape index (κ2) is 4.57. The minimum atomic E-state index is -4.34. The van der Waals surface area contributed by atoms with Gasteiger partial charge in [-0.2, -0.15) is 13.2 Å². The highest BCUT2D eigenvalue weighted by molar-refractivity contribution is 6.07. The molecular weight excluding hydrogens is 245 g/mol. The third-order valence-corrected chi connectivity index (χ3v) is 2.88. The normalized spacial score (nSPS) is 22.1. The molecule has 1 aliphatic carbocycles. The van der Waals surface area contributed by atoms with Gasteiger partial charge in [-0.05, 0) is 23.8 Å². The number of carbonyl (C=O) groups is 1. The van der Waals surface area contributed by atoms with Gasteiger partial charge in [-0.1, -0.05) is 12.1 Å². The summed E-state index contributed by atoms with van der Waals surface area (Å²) in [5, 5.41) is 0. The Morgan fingerprint density at radius 2 is 1.89 bits per heavy atom. The van der Waals surface area contributed by atoms with Crippen molar-refractivity contribution in [3.8, 4) is 0 Å². The lowest BCUT2D eigenvalue weighted by Crippen LogP contribution is -2.34. The number of halogens is 3. The van der Waals surface area contributed by atoms with Crippen LogP contribution in [0.15, 0.2) is 29.8 Å². The van der Waals surface area contributed by atoms with Crippen LogP contribution in [-0.4, -0.2) is 19.0 Å². The first-order valence-corrected chi connectivity index (χ1v) is 5.36. The van der Waals surface area contributed by atoms with Crippen molar-refractivity contribution in [3.05, 3.63) is 41.0 Å². The van der Waals surface area contributed by atoms with Crippen molar-refractivity contribution in [3.63, 3.8) is 0 Å². The Labute approximate surface area is 102 Å². The first-order chi connectivity index (χ1) is 8.41. The van der Waals surface area contributed by atoms with Crippen molar-refractivity contribution in [2.24, 2.45) is 0 Å². The summed E-state index contributed by atoms with van der Waals surface area (Å²) >= 11 is 0. The van der Waals surface area contributed by atoms with E-state index in [0.717, 1.165) is 12.1 Å². The number of hydrogen-bond donors (Lipinski definition) is 0. The number of ether oxygens (including phenoxy) is 1. The van der Waals surface area contributed by atoms with Crippen LogP contribution in [0.1, 0.15) is 17.5 Å². The second-order valence-corrected chi connectivity index (χ2v) is 4.07. The van der Waals surface area contributed by atoms with E-state index in [0.29, 0.717) is 17.6 Å². The standard InChI is InChI=1S/C13H11F3O2/c1-18-12-7-11(17)10(12)6-8-2-4-9(5-3-8)13(14,15)16/h2-6,12H,7H2,1H3/b10-6-/t12-/m1/s1. The Morgan fingerprint density at radius 3 is 2.33 bits per heavy atom. The van der Waals surface area contributed by atoms with E-state index < -0.39 is 11.7 Å². The fourth-order valence-electron chi connectivity index (χ4n) is 1.78. The lowest BCUT2D eigenvalue weighted by molar-refractivity contribution is -0.137. The van der Waals surface area contributed by atoms with E-state index in [4.69, 9.17) is 4.74 Å². The van der Waals surface area contributed by atoms with Crippen molar-refractivity contribution in [1.29, 1.82) is 0 Å². The van der Waals surface area contributed by atoms with E-state index in [1.54, 1.807) is 6.08 Å². The number of rotatable bonds is 2. The van der Waals surface area contributed by atoms with Crippen molar-refractivity contribution < 1.29 is 22.7 Å². The van der Waals surface area contributed by atoms with Crippen LogP contribution in [0.2, 0.25) is 0 Å². The second-order valence-electron chi connectivity index (χ2n) is 4.07. The maximum atomic E-state index is 12.3. The summed E-state index contributed by atoms with van der Waals surface area (Å²) in [5.41, 5.74) is 0.373. The van der Waals surface area contributed by atoms with Crippen LogP contribution >= 0.6 is 0 Å². The number of benzene rings is 1. The number of carbonyl (C=O) groups excluding carboxylic acids is 1. The molecule has 1 aromatic rings. The van der Waals surface area contributed by atoms with Crippen LogP contribution < -0.4 is 0 Å². The van der Waals surface area contributed by atoms with Crippen molar-refractivity contribution >= 4 is 11.9 Å². The molecule has 2 nitrogen and oxygen atoms in total. The van der Waals surface area contributed by atoms with Gasteiger partial charge in [0.25, 0.3) is 0 Å². The number of alkyl halides is 3. The highest BCUT2D eigenvalue weighted by atomic mass is 19.4. The molecule has 0 amide bonds. The molecule has 1 aliphatic rings. The Balaban J connectivity index is 2.21. The van der Waals surface area contributed by atoms with E-state index in [1.165, 1.54) is 19.2 Å². The number of ketones is 1. The summed E-state index contributed by atoms with van der Waals surface area (Å²) in [4.78, 5) is 11.3. The molecule has 18 heavy (non-hydrogen) atoms. The molecule has 1 fully saturated rings. The van der Waals surface area contributed by atoms with Crippen LogP contribution in [0.3, 0.4) is 0 Å². The Morgan fingerprint density at radius 1 is 1.28 bits per heavy atom. The zero-order chi connectivity index (χ0) is 13.3. The molecule has 5 heteroatoms. The molecule has 0 saturated heterocycles. The van der Waals surface area contributed by atoms with E-state index >= 15 is 0 Å². The van der Waals surface area contributed by atoms with Gasteiger partial charge >= 0.3 is 6.18 Å². The van der Waals surface area contributed by atoms with Crippen molar-refractivity contribution in [1.82, 2.24) is 0 Å². The van der Waals surface area contributed by atoms with Gasteiger partial charge in [-0.3, -0.25) is 4.79 Å². The van der Waals surface area contributed by atoms with Crippen LogP contribution in [0.4, 0.5) is 13.2 Å². The van der Waals surface area contributed by atoms with Gasteiger partial charge in [0.2, 0.25) is 0 Å². The van der Waals surface area contributed by atoms with Gasteiger partial charge in [0, 0.05) is 19.1 Å². The third kappa shape index (κ3) is 2.46. The molecular formula is C13H11F3O2. The molecule has 0 aliphatic heterocycles. The molecule has 1 aromatic carbocycles. The van der Waals surface area contributed by atoms with Crippen LogP contribution in [0.25, 0.3) is 6.08 Å². The maximum Gasteiger partial charge on any atom is 0.416 e. The molecule has 96 valence electrons. The predicted molar refractivity (Wildman–Crippen MR) is 59.8 cm³/mol. The van der Waals surface area contributed by atoms with Gasteiger partial charge in [0.1, 0.15) is 0 Å². The summed E-state index contributed by atoms with van der Waals surface area (Å²) in [6.45, 7) is 0. The zero-order valence-electron chi connectivity index (χ0n) is 9.62. The molecule has 1 saturated carbocycles. The summed E-state index contributed by atoms with van der Waals surface area (Å²) in [7, 11) is 1.50. The molecule has 0 heterocycles. The van der Waals surface area contributed by atoms with Crippen LogP contribution in [-0.2, 0) is 15.7 Å². The molecule has 0 bridgehead atoms. The molecule has 0 aromatic heterocycles. The Bertz CT molecular complexity index is 486. The smallest absolute Gasteiger partial charge is 0.376 e. The summed E-state index contributed by atoms with van der Waals surface area (Å²) in [6.07, 6.45) is -2.67. The van der Waals surface area contributed by atoms with Gasteiger partial charge in [-0.25, -0.2) is 0 Å².